The van der Waals surface area contributed by atoms with Crippen LogP contribution in [0.25, 0.3) is 22.3 Å². The van der Waals surface area contributed by atoms with Crippen molar-refractivity contribution in [3.63, 3.8) is 0 Å². The van der Waals surface area contributed by atoms with Gasteiger partial charge in [-0.05, 0) is 26.3 Å². The summed E-state index contributed by atoms with van der Waals surface area (Å²) in [6.45, 7) is 11.3. The molecule has 0 spiro atoms. The standard InChI is InChI=1S/C25H26O6/c1-6-25(4,5)16-9-15(18(27)10-19(16)28)22-12-21(30)23-20(29)11-17(26)14(24(23)31-22)8-7-13(2)3/h6-7,9-12,26-29H,1,8H2,2-5H3. The molecule has 0 atom stereocenters. The van der Waals surface area contributed by atoms with Gasteiger partial charge in [0.1, 0.15) is 39.7 Å². The van der Waals surface area contributed by atoms with E-state index in [9.17, 15) is 25.2 Å². The summed E-state index contributed by atoms with van der Waals surface area (Å²) in [5, 5.41) is 41.4. The molecular weight excluding hydrogens is 396 g/mol. The predicted molar refractivity (Wildman–Crippen MR) is 121 cm³/mol. The molecule has 0 amide bonds. The van der Waals surface area contributed by atoms with E-state index in [2.05, 4.69) is 6.58 Å². The lowest BCUT2D eigenvalue weighted by Crippen LogP contribution is -2.13. The largest absolute Gasteiger partial charge is 0.507 e. The van der Waals surface area contributed by atoms with Gasteiger partial charge in [-0.25, -0.2) is 0 Å². The molecule has 3 rings (SSSR count). The number of hydrogen-bond acceptors (Lipinski definition) is 6. The second-order valence-corrected chi connectivity index (χ2v) is 8.37. The molecule has 0 aliphatic heterocycles. The lowest BCUT2D eigenvalue weighted by atomic mass is 9.83. The minimum atomic E-state index is -0.616. The molecule has 1 aromatic heterocycles. The van der Waals surface area contributed by atoms with E-state index in [0.717, 1.165) is 11.6 Å². The molecule has 0 aliphatic carbocycles. The van der Waals surface area contributed by atoms with Gasteiger partial charge in [0.05, 0.1) is 5.56 Å². The van der Waals surface area contributed by atoms with Crippen LogP contribution in [0.5, 0.6) is 23.0 Å². The molecule has 6 nitrogen and oxygen atoms in total. The Kier molecular flexibility index (Phi) is 5.59. The van der Waals surface area contributed by atoms with E-state index < -0.39 is 16.6 Å². The zero-order valence-corrected chi connectivity index (χ0v) is 18.0. The molecule has 3 aromatic rings. The molecule has 1 heterocycles. The van der Waals surface area contributed by atoms with Gasteiger partial charge in [0.25, 0.3) is 0 Å². The quantitative estimate of drug-likeness (QED) is 0.418. The second-order valence-electron chi connectivity index (χ2n) is 8.37. The third-order valence-electron chi connectivity index (χ3n) is 5.36. The van der Waals surface area contributed by atoms with Gasteiger partial charge in [0.15, 0.2) is 5.43 Å². The SMILES string of the molecule is C=CC(C)(C)c1cc(-c2cc(=O)c3c(O)cc(O)c(CC=C(C)C)c3o2)c(O)cc1O. The summed E-state index contributed by atoms with van der Waals surface area (Å²) >= 11 is 0. The van der Waals surface area contributed by atoms with Crippen LogP contribution in [0.15, 0.2) is 57.8 Å². The summed E-state index contributed by atoms with van der Waals surface area (Å²) < 4.78 is 5.96. The lowest BCUT2D eigenvalue weighted by molar-refractivity contribution is 0.437. The molecule has 0 unspecified atom stereocenters. The van der Waals surface area contributed by atoms with E-state index in [1.165, 1.54) is 18.2 Å². The number of phenolic OH excluding ortho intramolecular Hbond substituents is 4. The molecule has 0 radical (unpaired) electrons. The minimum absolute atomic E-state index is 0.0366. The molecule has 2 aromatic carbocycles. The van der Waals surface area contributed by atoms with Gasteiger partial charge in [-0.1, -0.05) is 31.6 Å². The van der Waals surface area contributed by atoms with Gasteiger partial charge in [-0.2, -0.15) is 0 Å². The molecule has 162 valence electrons. The average molecular weight is 422 g/mol. The van der Waals surface area contributed by atoms with Crippen molar-refractivity contribution in [1.82, 2.24) is 0 Å². The Morgan fingerprint density at radius 1 is 1.00 bits per heavy atom. The van der Waals surface area contributed by atoms with Crippen LogP contribution >= 0.6 is 0 Å². The Labute approximate surface area is 180 Å². The lowest BCUT2D eigenvalue weighted by Gasteiger charge is -2.23. The van der Waals surface area contributed by atoms with E-state index in [4.69, 9.17) is 4.42 Å². The van der Waals surface area contributed by atoms with Crippen LogP contribution in [0.3, 0.4) is 0 Å². The molecule has 31 heavy (non-hydrogen) atoms. The second kappa shape index (κ2) is 7.87. The van der Waals surface area contributed by atoms with Crippen molar-refractivity contribution in [3.05, 3.63) is 69.9 Å². The minimum Gasteiger partial charge on any atom is -0.507 e. The number of benzene rings is 2. The molecule has 0 saturated carbocycles. The number of hydrogen-bond donors (Lipinski definition) is 4. The number of fused-ring (bicyclic) bond motifs is 1. The number of phenols is 4. The van der Waals surface area contributed by atoms with Crippen LogP contribution in [0.2, 0.25) is 0 Å². The van der Waals surface area contributed by atoms with Crippen LogP contribution in [0.4, 0.5) is 0 Å². The first-order valence-corrected chi connectivity index (χ1v) is 9.81. The summed E-state index contributed by atoms with van der Waals surface area (Å²) in [4.78, 5) is 12.8. The topological polar surface area (TPSA) is 111 Å². The Hall–Kier alpha value is -3.67. The maximum atomic E-state index is 12.8. The first kappa shape index (κ1) is 22.0. The number of allylic oxidation sites excluding steroid dienone is 3. The van der Waals surface area contributed by atoms with E-state index in [1.807, 2.05) is 33.8 Å². The smallest absolute Gasteiger partial charge is 0.197 e. The van der Waals surface area contributed by atoms with E-state index in [0.29, 0.717) is 11.1 Å². The highest BCUT2D eigenvalue weighted by Crippen LogP contribution is 2.42. The van der Waals surface area contributed by atoms with Crippen molar-refractivity contribution < 1.29 is 24.8 Å². The Bertz CT molecular complexity index is 1270. The van der Waals surface area contributed by atoms with Crippen molar-refractivity contribution in [2.75, 3.05) is 0 Å². The van der Waals surface area contributed by atoms with E-state index in [1.54, 1.807) is 6.08 Å². The summed E-state index contributed by atoms with van der Waals surface area (Å²) in [6, 6.07) is 5.01. The summed E-state index contributed by atoms with van der Waals surface area (Å²) in [6.07, 6.45) is 3.81. The monoisotopic (exact) mass is 422 g/mol. The van der Waals surface area contributed by atoms with Crippen molar-refractivity contribution in [3.8, 4) is 34.3 Å². The maximum absolute atomic E-state index is 12.8. The van der Waals surface area contributed by atoms with Crippen LogP contribution in [0, 0.1) is 0 Å². The van der Waals surface area contributed by atoms with Gasteiger partial charge in [-0.3, -0.25) is 4.79 Å². The maximum Gasteiger partial charge on any atom is 0.197 e. The third kappa shape index (κ3) is 4.01. The zero-order valence-electron chi connectivity index (χ0n) is 18.0. The molecule has 0 saturated heterocycles. The van der Waals surface area contributed by atoms with Gasteiger partial charge in [0, 0.05) is 34.7 Å². The molecule has 6 heteroatoms. The van der Waals surface area contributed by atoms with Gasteiger partial charge >= 0.3 is 0 Å². The zero-order chi connectivity index (χ0) is 23.1. The molecule has 0 aliphatic rings. The molecular formula is C25H26O6. The van der Waals surface area contributed by atoms with E-state index in [-0.39, 0.29) is 46.0 Å². The normalized spacial score (nSPS) is 11.5. The van der Waals surface area contributed by atoms with Gasteiger partial charge in [-0.15, -0.1) is 6.58 Å². The fourth-order valence-corrected chi connectivity index (χ4v) is 3.39. The summed E-state index contributed by atoms with van der Waals surface area (Å²) in [7, 11) is 0. The highest BCUT2D eigenvalue weighted by Gasteiger charge is 2.24. The number of rotatable bonds is 5. The molecule has 0 fully saturated rings. The van der Waals surface area contributed by atoms with Crippen LogP contribution in [0.1, 0.15) is 38.8 Å². The Morgan fingerprint density at radius 2 is 1.65 bits per heavy atom. The Morgan fingerprint density at radius 3 is 2.26 bits per heavy atom. The van der Waals surface area contributed by atoms with Crippen LogP contribution in [-0.2, 0) is 11.8 Å². The molecule has 4 N–H and O–H groups in total. The van der Waals surface area contributed by atoms with Gasteiger partial charge < -0.3 is 24.8 Å². The fourth-order valence-electron chi connectivity index (χ4n) is 3.39. The first-order chi connectivity index (χ1) is 14.5. The molecule has 0 bridgehead atoms. The van der Waals surface area contributed by atoms with Crippen molar-refractivity contribution in [1.29, 1.82) is 0 Å². The van der Waals surface area contributed by atoms with Crippen molar-refractivity contribution in [2.45, 2.75) is 39.5 Å². The number of aromatic hydroxyl groups is 4. The highest BCUT2D eigenvalue weighted by molar-refractivity contribution is 5.89. The predicted octanol–water partition coefficient (Wildman–Crippen LogP) is 5.25. The van der Waals surface area contributed by atoms with Crippen LogP contribution in [-0.4, -0.2) is 20.4 Å². The fraction of sp³-hybridized carbons (Fsp3) is 0.240. The van der Waals surface area contributed by atoms with Gasteiger partial charge in [0.2, 0.25) is 0 Å². The summed E-state index contributed by atoms with van der Waals surface area (Å²) in [5.41, 5.74) is 0.928. The highest BCUT2D eigenvalue weighted by atomic mass is 16.3. The Balaban J connectivity index is 2.36. The van der Waals surface area contributed by atoms with E-state index >= 15 is 0 Å². The third-order valence-corrected chi connectivity index (χ3v) is 5.36. The van der Waals surface area contributed by atoms with Crippen molar-refractivity contribution >= 4 is 11.0 Å². The average Bonchev–Trinajstić information content (AvgIpc) is 2.66. The van der Waals surface area contributed by atoms with Crippen molar-refractivity contribution in [2.24, 2.45) is 0 Å². The first-order valence-electron chi connectivity index (χ1n) is 9.81. The van der Waals surface area contributed by atoms with Crippen LogP contribution < -0.4 is 5.43 Å². The summed E-state index contributed by atoms with van der Waals surface area (Å²) in [5.74, 6) is -0.949.